The number of rotatable bonds is 4. The van der Waals surface area contributed by atoms with Gasteiger partial charge in [-0.2, -0.15) is 5.10 Å². The molecule has 0 spiro atoms. The van der Waals surface area contributed by atoms with Gasteiger partial charge in [-0.3, -0.25) is 19.1 Å². The Morgan fingerprint density at radius 1 is 1.14 bits per heavy atom. The van der Waals surface area contributed by atoms with Crippen LogP contribution >= 0.6 is 0 Å². The van der Waals surface area contributed by atoms with Crippen molar-refractivity contribution in [2.24, 2.45) is 13.0 Å². The molecule has 3 aromatic rings. The number of nitrogens with zero attached hydrogens (tertiary/aromatic N) is 6. The summed E-state index contributed by atoms with van der Waals surface area (Å²) in [4.78, 5) is 48.2. The lowest BCUT2D eigenvalue weighted by Gasteiger charge is -2.39. The minimum absolute atomic E-state index is 0.163. The number of hydrogen-bond donors (Lipinski definition) is 2. The summed E-state index contributed by atoms with van der Waals surface area (Å²) in [6, 6.07) is 4.97. The zero-order valence-electron chi connectivity index (χ0n) is 16.2. The number of aromatic amines is 1. The summed E-state index contributed by atoms with van der Waals surface area (Å²) in [5.74, 6) is 0.990. The summed E-state index contributed by atoms with van der Waals surface area (Å²) >= 11 is 0. The SMILES string of the molecule is Cc1cc(C)n(-c2cc(N3CC(C(=O)Nc4cc(=O)[nH]c(=O)n4C)C3)ncn2)n1. The van der Waals surface area contributed by atoms with Gasteiger partial charge in [0.2, 0.25) is 5.91 Å². The maximum absolute atomic E-state index is 12.5. The van der Waals surface area contributed by atoms with Crippen LogP contribution in [0, 0.1) is 19.8 Å². The second-order valence-corrected chi connectivity index (χ2v) is 7.05. The van der Waals surface area contributed by atoms with Crippen LogP contribution in [0.2, 0.25) is 0 Å². The minimum atomic E-state index is -0.583. The van der Waals surface area contributed by atoms with E-state index in [-0.39, 0.29) is 17.6 Å². The Bertz CT molecular complexity index is 1200. The average molecular weight is 396 g/mol. The minimum Gasteiger partial charge on any atom is -0.355 e. The maximum atomic E-state index is 12.5. The van der Waals surface area contributed by atoms with Crippen molar-refractivity contribution in [2.45, 2.75) is 13.8 Å². The van der Waals surface area contributed by atoms with E-state index in [1.165, 1.54) is 24.0 Å². The molecule has 1 fully saturated rings. The topological polar surface area (TPSA) is 131 Å². The fourth-order valence-corrected chi connectivity index (χ4v) is 3.22. The van der Waals surface area contributed by atoms with Gasteiger partial charge in [0.1, 0.15) is 18.0 Å². The largest absolute Gasteiger partial charge is 0.355 e. The first kappa shape index (κ1) is 18.6. The summed E-state index contributed by atoms with van der Waals surface area (Å²) in [7, 11) is 1.47. The van der Waals surface area contributed by atoms with Crippen molar-refractivity contribution in [3.05, 3.63) is 56.8 Å². The van der Waals surface area contributed by atoms with Gasteiger partial charge in [0, 0.05) is 38.0 Å². The van der Waals surface area contributed by atoms with Crippen molar-refractivity contribution in [1.29, 1.82) is 0 Å². The van der Waals surface area contributed by atoms with Gasteiger partial charge in [-0.05, 0) is 19.9 Å². The summed E-state index contributed by atoms with van der Waals surface area (Å²) < 4.78 is 2.93. The fraction of sp³-hybridized carbons (Fsp3) is 0.333. The molecule has 0 saturated carbocycles. The van der Waals surface area contributed by atoms with E-state index in [1.807, 2.05) is 30.9 Å². The van der Waals surface area contributed by atoms with Gasteiger partial charge in [0.15, 0.2) is 5.82 Å². The highest BCUT2D eigenvalue weighted by Gasteiger charge is 2.34. The average Bonchev–Trinajstić information content (AvgIpc) is 2.96. The summed E-state index contributed by atoms with van der Waals surface area (Å²) in [5.41, 5.74) is 0.728. The molecule has 3 aromatic heterocycles. The summed E-state index contributed by atoms with van der Waals surface area (Å²) in [5, 5.41) is 7.07. The van der Waals surface area contributed by atoms with Gasteiger partial charge in [-0.25, -0.2) is 19.4 Å². The van der Waals surface area contributed by atoms with Crippen LogP contribution in [0.3, 0.4) is 0 Å². The first-order chi connectivity index (χ1) is 13.8. The molecule has 150 valence electrons. The standard InChI is InChI=1S/C18H20N8O3/c1-10-4-11(2)26(23-10)14-5-13(19-9-20-14)25-7-12(8-25)17(28)21-15-6-16(27)22-18(29)24(15)3/h4-6,9,12H,7-8H2,1-3H3,(H,21,28)(H,22,27,29). The van der Waals surface area contributed by atoms with Crippen molar-refractivity contribution in [3.63, 3.8) is 0 Å². The van der Waals surface area contributed by atoms with Crippen LogP contribution in [0.1, 0.15) is 11.4 Å². The molecule has 11 heteroatoms. The smallest absolute Gasteiger partial charge is 0.329 e. The number of aromatic nitrogens is 6. The molecule has 0 aromatic carbocycles. The fourth-order valence-electron chi connectivity index (χ4n) is 3.22. The zero-order valence-corrected chi connectivity index (χ0v) is 16.2. The molecule has 11 nitrogen and oxygen atoms in total. The molecule has 2 N–H and O–H groups in total. The number of hydrogen-bond acceptors (Lipinski definition) is 7. The van der Waals surface area contributed by atoms with E-state index in [0.717, 1.165) is 11.4 Å². The molecule has 4 rings (SSSR count). The lowest BCUT2D eigenvalue weighted by molar-refractivity contribution is -0.120. The Morgan fingerprint density at radius 2 is 1.86 bits per heavy atom. The lowest BCUT2D eigenvalue weighted by atomic mass is 9.99. The molecular weight excluding hydrogens is 376 g/mol. The third-order valence-electron chi connectivity index (χ3n) is 4.86. The second kappa shape index (κ2) is 7.00. The Kier molecular flexibility index (Phi) is 4.49. The quantitative estimate of drug-likeness (QED) is 0.621. The summed E-state index contributed by atoms with van der Waals surface area (Å²) in [6.07, 6.45) is 1.47. The second-order valence-electron chi connectivity index (χ2n) is 7.05. The Morgan fingerprint density at radius 3 is 2.55 bits per heavy atom. The van der Waals surface area contributed by atoms with E-state index < -0.39 is 11.2 Å². The van der Waals surface area contributed by atoms with Crippen LogP contribution in [0.4, 0.5) is 11.6 Å². The van der Waals surface area contributed by atoms with E-state index in [4.69, 9.17) is 0 Å². The zero-order chi connectivity index (χ0) is 20.7. The lowest BCUT2D eigenvalue weighted by Crippen LogP contribution is -2.52. The number of nitrogens with one attached hydrogen (secondary N) is 2. The Hall–Kier alpha value is -3.76. The first-order valence-corrected chi connectivity index (χ1v) is 9.03. The van der Waals surface area contributed by atoms with Crippen LogP contribution in [0.15, 0.2) is 34.1 Å². The van der Waals surface area contributed by atoms with Crippen molar-refractivity contribution in [2.75, 3.05) is 23.3 Å². The number of amides is 1. The maximum Gasteiger partial charge on any atom is 0.329 e. The van der Waals surface area contributed by atoms with Gasteiger partial charge in [0.25, 0.3) is 5.56 Å². The molecule has 1 aliphatic rings. The third-order valence-corrected chi connectivity index (χ3v) is 4.86. The predicted molar refractivity (Wildman–Crippen MR) is 105 cm³/mol. The van der Waals surface area contributed by atoms with Crippen LogP contribution in [0.5, 0.6) is 0 Å². The first-order valence-electron chi connectivity index (χ1n) is 9.03. The van der Waals surface area contributed by atoms with Crippen LogP contribution in [-0.4, -0.2) is 48.3 Å². The number of H-pyrrole nitrogens is 1. The molecule has 0 atom stereocenters. The van der Waals surface area contributed by atoms with Crippen LogP contribution in [0.25, 0.3) is 5.82 Å². The van der Waals surface area contributed by atoms with Gasteiger partial charge in [0.05, 0.1) is 11.6 Å². The molecule has 0 radical (unpaired) electrons. The molecule has 1 saturated heterocycles. The van der Waals surface area contributed by atoms with Crippen molar-refractivity contribution >= 4 is 17.5 Å². The van der Waals surface area contributed by atoms with Crippen LogP contribution < -0.4 is 21.5 Å². The molecule has 1 amide bonds. The van der Waals surface area contributed by atoms with Crippen molar-refractivity contribution in [1.82, 2.24) is 29.3 Å². The Balaban J connectivity index is 1.44. The monoisotopic (exact) mass is 396 g/mol. The van der Waals surface area contributed by atoms with E-state index in [9.17, 15) is 14.4 Å². The van der Waals surface area contributed by atoms with Gasteiger partial charge >= 0.3 is 5.69 Å². The van der Waals surface area contributed by atoms with E-state index >= 15 is 0 Å². The van der Waals surface area contributed by atoms with Gasteiger partial charge < -0.3 is 10.2 Å². The number of carbonyl (C=O) groups is 1. The molecule has 0 unspecified atom stereocenters. The highest BCUT2D eigenvalue weighted by atomic mass is 16.2. The highest BCUT2D eigenvalue weighted by Crippen LogP contribution is 2.24. The van der Waals surface area contributed by atoms with E-state index in [0.29, 0.717) is 24.7 Å². The number of aryl methyl sites for hydroxylation is 2. The van der Waals surface area contributed by atoms with Crippen molar-refractivity contribution < 1.29 is 4.79 Å². The van der Waals surface area contributed by atoms with E-state index in [2.05, 4.69) is 25.4 Å². The van der Waals surface area contributed by atoms with Gasteiger partial charge in [-0.1, -0.05) is 0 Å². The highest BCUT2D eigenvalue weighted by molar-refractivity contribution is 5.93. The molecule has 1 aliphatic heterocycles. The van der Waals surface area contributed by atoms with Gasteiger partial charge in [-0.15, -0.1) is 0 Å². The Labute approximate surface area is 165 Å². The third kappa shape index (κ3) is 3.53. The molecule has 4 heterocycles. The predicted octanol–water partition coefficient (Wildman–Crippen LogP) is -0.259. The number of anilines is 2. The molecule has 0 aliphatic carbocycles. The normalized spacial score (nSPS) is 14.0. The summed E-state index contributed by atoms with van der Waals surface area (Å²) in [6.45, 7) is 4.81. The molecular formula is C18H20N8O3. The van der Waals surface area contributed by atoms with Crippen molar-refractivity contribution in [3.8, 4) is 5.82 Å². The van der Waals surface area contributed by atoms with E-state index in [1.54, 1.807) is 4.68 Å². The molecule has 29 heavy (non-hydrogen) atoms. The number of carbonyl (C=O) groups excluding carboxylic acids is 1. The molecule has 0 bridgehead atoms. The van der Waals surface area contributed by atoms with Crippen LogP contribution in [-0.2, 0) is 11.8 Å².